The molecule has 1 aliphatic heterocycles. The van der Waals surface area contributed by atoms with Gasteiger partial charge in [0.05, 0.1) is 6.61 Å². The predicted octanol–water partition coefficient (Wildman–Crippen LogP) is 2.67. The number of amides is 1. The van der Waals surface area contributed by atoms with Gasteiger partial charge in [0, 0.05) is 23.5 Å². The second-order valence-corrected chi connectivity index (χ2v) is 5.85. The fourth-order valence-electron chi connectivity index (χ4n) is 2.33. The predicted molar refractivity (Wildman–Crippen MR) is 83.9 cm³/mol. The molecule has 4 nitrogen and oxygen atoms in total. The van der Waals surface area contributed by atoms with Crippen LogP contribution in [0.5, 0.6) is 0 Å². The summed E-state index contributed by atoms with van der Waals surface area (Å²) in [7, 11) is 0. The lowest BCUT2D eigenvalue weighted by molar-refractivity contribution is -0.153. The lowest BCUT2D eigenvalue weighted by atomic mass is 10.0. The number of carbonyl (C=O) groups is 2. The van der Waals surface area contributed by atoms with Gasteiger partial charge in [-0.2, -0.15) is 0 Å². The summed E-state index contributed by atoms with van der Waals surface area (Å²) in [4.78, 5) is 26.0. The van der Waals surface area contributed by atoms with E-state index < -0.39 is 6.04 Å². The molecular weight excluding hydrogens is 334 g/mol. The van der Waals surface area contributed by atoms with Gasteiger partial charge in [-0.05, 0) is 18.9 Å². The second-order valence-electron chi connectivity index (χ2n) is 4.83. The molecule has 2 rings (SSSR count). The average Bonchev–Trinajstić information content (AvgIpc) is 2.47. The number of hydrogen-bond donors (Lipinski definition) is 0. The van der Waals surface area contributed by atoms with Gasteiger partial charge in [-0.3, -0.25) is 4.79 Å². The summed E-state index contributed by atoms with van der Waals surface area (Å²) in [5.41, 5.74) is 1.01. The molecule has 0 saturated carbocycles. The molecule has 0 N–H and O–H groups in total. The van der Waals surface area contributed by atoms with E-state index in [-0.39, 0.29) is 11.9 Å². The normalized spacial score (nSPS) is 16.4. The van der Waals surface area contributed by atoms with Crippen LogP contribution >= 0.6 is 15.9 Å². The summed E-state index contributed by atoms with van der Waals surface area (Å²) in [6.07, 6.45) is 2.72. The molecule has 1 aliphatic rings. The first-order valence-corrected chi connectivity index (χ1v) is 7.78. The second kappa shape index (κ2) is 7.41. The van der Waals surface area contributed by atoms with Crippen molar-refractivity contribution in [2.75, 3.05) is 13.2 Å². The molecular formula is C16H18BrNO3. The molecule has 1 unspecified atom stereocenters. The van der Waals surface area contributed by atoms with Gasteiger partial charge < -0.3 is 9.64 Å². The zero-order chi connectivity index (χ0) is 15.2. The summed E-state index contributed by atoms with van der Waals surface area (Å²) in [6, 6.07) is 9.10. The van der Waals surface area contributed by atoms with Gasteiger partial charge >= 0.3 is 5.97 Å². The molecule has 0 aromatic heterocycles. The molecule has 0 aliphatic carbocycles. The smallest absolute Gasteiger partial charge is 0.329 e. The summed E-state index contributed by atoms with van der Waals surface area (Å²) in [5.74, 6) is -0.497. The number of hydrogen-bond acceptors (Lipinski definition) is 3. The van der Waals surface area contributed by atoms with E-state index in [1.807, 2.05) is 30.3 Å². The number of halogens is 1. The highest BCUT2D eigenvalue weighted by molar-refractivity contribution is 9.11. The Kier molecular flexibility index (Phi) is 5.56. The number of nitrogens with zero attached hydrogens (tertiary/aromatic N) is 1. The van der Waals surface area contributed by atoms with Crippen molar-refractivity contribution in [1.82, 2.24) is 4.90 Å². The number of rotatable bonds is 5. The fraction of sp³-hybridized carbons (Fsp3) is 0.375. The zero-order valence-electron chi connectivity index (χ0n) is 11.9. The van der Waals surface area contributed by atoms with Crippen LogP contribution in [0.1, 0.15) is 18.9 Å². The highest BCUT2D eigenvalue weighted by Crippen LogP contribution is 2.21. The minimum absolute atomic E-state index is 0.151. The third-order valence-electron chi connectivity index (χ3n) is 3.36. The van der Waals surface area contributed by atoms with Gasteiger partial charge in [0.1, 0.15) is 6.04 Å². The highest BCUT2D eigenvalue weighted by atomic mass is 79.9. The Morgan fingerprint density at radius 3 is 2.71 bits per heavy atom. The largest absolute Gasteiger partial charge is 0.464 e. The van der Waals surface area contributed by atoms with Crippen LogP contribution in [0, 0.1) is 0 Å². The van der Waals surface area contributed by atoms with Crippen molar-refractivity contribution in [2.45, 2.75) is 25.8 Å². The summed E-state index contributed by atoms with van der Waals surface area (Å²) < 4.78 is 6.01. The molecule has 1 aromatic rings. The van der Waals surface area contributed by atoms with E-state index >= 15 is 0 Å². The molecule has 0 saturated heterocycles. The molecule has 1 amide bonds. The lowest BCUT2D eigenvalue weighted by Crippen LogP contribution is -2.48. The Hall–Kier alpha value is -1.62. The van der Waals surface area contributed by atoms with Crippen molar-refractivity contribution in [3.05, 3.63) is 46.5 Å². The van der Waals surface area contributed by atoms with E-state index in [2.05, 4.69) is 15.9 Å². The van der Waals surface area contributed by atoms with Crippen molar-refractivity contribution >= 4 is 27.8 Å². The standard InChI is InChI=1S/C16H18BrNO3/c1-2-21-16(20)14(10-12-6-4-3-5-7-12)18-9-8-13(17)11-15(18)19/h3-7,11,14H,2,8-10H2,1H3. The first kappa shape index (κ1) is 15.8. The van der Waals surface area contributed by atoms with E-state index in [1.165, 1.54) is 6.08 Å². The number of ether oxygens (including phenoxy) is 1. The van der Waals surface area contributed by atoms with E-state index in [0.29, 0.717) is 19.6 Å². The van der Waals surface area contributed by atoms with E-state index in [1.54, 1.807) is 11.8 Å². The molecule has 0 bridgehead atoms. The van der Waals surface area contributed by atoms with Gasteiger partial charge in [-0.1, -0.05) is 46.3 Å². The zero-order valence-corrected chi connectivity index (χ0v) is 13.5. The van der Waals surface area contributed by atoms with Crippen LogP contribution in [0.15, 0.2) is 40.9 Å². The molecule has 0 fully saturated rings. The first-order chi connectivity index (χ1) is 10.1. The van der Waals surface area contributed by atoms with Crippen molar-refractivity contribution < 1.29 is 14.3 Å². The summed E-state index contributed by atoms with van der Waals surface area (Å²) in [5, 5.41) is 0. The van der Waals surface area contributed by atoms with Crippen molar-refractivity contribution in [3.63, 3.8) is 0 Å². The van der Waals surface area contributed by atoms with Crippen LogP contribution < -0.4 is 0 Å². The minimum atomic E-state index is -0.573. The molecule has 0 spiro atoms. The van der Waals surface area contributed by atoms with Crippen LogP contribution in [-0.4, -0.2) is 36.0 Å². The lowest BCUT2D eigenvalue weighted by Gasteiger charge is -2.31. The molecule has 1 aromatic carbocycles. The Labute approximate surface area is 132 Å². The van der Waals surface area contributed by atoms with E-state index in [9.17, 15) is 9.59 Å². The topological polar surface area (TPSA) is 46.6 Å². The van der Waals surface area contributed by atoms with Crippen LogP contribution in [0.3, 0.4) is 0 Å². The van der Waals surface area contributed by atoms with Crippen molar-refractivity contribution in [3.8, 4) is 0 Å². The monoisotopic (exact) mass is 351 g/mol. The Bertz CT molecular complexity index is 542. The highest BCUT2D eigenvalue weighted by Gasteiger charge is 2.32. The quantitative estimate of drug-likeness (QED) is 0.766. The molecule has 1 heterocycles. The maximum atomic E-state index is 12.2. The van der Waals surface area contributed by atoms with Gasteiger partial charge in [0.15, 0.2) is 0 Å². The number of carbonyl (C=O) groups excluding carboxylic acids is 2. The Morgan fingerprint density at radius 2 is 2.10 bits per heavy atom. The minimum Gasteiger partial charge on any atom is -0.464 e. The first-order valence-electron chi connectivity index (χ1n) is 6.99. The maximum absolute atomic E-state index is 12.2. The molecule has 21 heavy (non-hydrogen) atoms. The van der Waals surface area contributed by atoms with Gasteiger partial charge in [0.25, 0.3) is 0 Å². The van der Waals surface area contributed by atoms with Crippen LogP contribution in [0.25, 0.3) is 0 Å². The van der Waals surface area contributed by atoms with E-state index in [4.69, 9.17) is 4.74 Å². The number of esters is 1. The average molecular weight is 352 g/mol. The van der Waals surface area contributed by atoms with Gasteiger partial charge in [-0.25, -0.2) is 4.79 Å². The van der Waals surface area contributed by atoms with Crippen LogP contribution in [0.2, 0.25) is 0 Å². The SMILES string of the molecule is CCOC(=O)C(Cc1ccccc1)N1CCC(Br)=CC1=O. The fourth-order valence-corrected chi connectivity index (χ4v) is 2.71. The van der Waals surface area contributed by atoms with Crippen molar-refractivity contribution in [1.29, 1.82) is 0 Å². The molecule has 1 atom stereocenters. The van der Waals surface area contributed by atoms with Gasteiger partial charge in [0.2, 0.25) is 5.91 Å². The third-order valence-corrected chi connectivity index (χ3v) is 3.99. The Balaban J connectivity index is 2.20. The van der Waals surface area contributed by atoms with Crippen molar-refractivity contribution in [2.24, 2.45) is 0 Å². The number of benzene rings is 1. The summed E-state index contributed by atoms with van der Waals surface area (Å²) in [6.45, 7) is 2.60. The third kappa shape index (κ3) is 4.17. The molecule has 5 heteroatoms. The maximum Gasteiger partial charge on any atom is 0.329 e. The molecule has 0 radical (unpaired) electrons. The van der Waals surface area contributed by atoms with E-state index in [0.717, 1.165) is 16.5 Å². The summed E-state index contributed by atoms with van der Waals surface area (Å²) >= 11 is 3.34. The van der Waals surface area contributed by atoms with Crippen LogP contribution in [0.4, 0.5) is 0 Å². The molecule has 112 valence electrons. The van der Waals surface area contributed by atoms with Crippen LogP contribution in [-0.2, 0) is 20.7 Å². The van der Waals surface area contributed by atoms with Gasteiger partial charge in [-0.15, -0.1) is 0 Å². The Morgan fingerprint density at radius 1 is 1.38 bits per heavy atom.